The van der Waals surface area contributed by atoms with Crippen molar-refractivity contribution in [2.45, 2.75) is 88.2 Å². The molecule has 268 valence electrons. The lowest BCUT2D eigenvalue weighted by Gasteiger charge is -2.39. The number of nitrogens with zero attached hydrogens (tertiary/aromatic N) is 2. The molecule has 2 aromatic rings. The highest BCUT2D eigenvalue weighted by atomic mass is 16.6. The van der Waals surface area contributed by atoms with Gasteiger partial charge in [-0.2, -0.15) is 0 Å². The van der Waals surface area contributed by atoms with Gasteiger partial charge in [0.1, 0.15) is 17.7 Å². The number of ether oxygens (including phenoxy) is 2. The lowest BCUT2D eigenvalue weighted by Crippen LogP contribution is -2.59. The predicted octanol–water partition coefficient (Wildman–Crippen LogP) is 4.54. The van der Waals surface area contributed by atoms with Crippen LogP contribution in [0.5, 0.6) is 0 Å². The van der Waals surface area contributed by atoms with Crippen molar-refractivity contribution in [1.29, 1.82) is 0 Å². The molecule has 3 amide bonds. The van der Waals surface area contributed by atoms with Crippen LogP contribution in [0.15, 0.2) is 86.0 Å². The topological polar surface area (TPSA) is 125 Å². The first-order valence-electron chi connectivity index (χ1n) is 18.0. The molecule has 7 atom stereocenters. The van der Waals surface area contributed by atoms with Gasteiger partial charge in [0.05, 0.1) is 37.1 Å². The predicted molar refractivity (Wildman–Crippen MR) is 189 cm³/mol. The summed E-state index contributed by atoms with van der Waals surface area (Å²) in [4.78, 5) is 59.5. The molecule has 3 aliphatic heterocycles. The molecule has 2 aromatic carbocycles. The van der Waals surface area contributed by atoms with Crippen molar-refractivity contribution in [3.63, 3.8) is 0 Å². The van der Waals surface area contributed by atoms with Crippen LogP contribution >= 0.6 is 0 Å². The van der Waals surface area contributed by atoms with Crippen LogP contribution in [-0.4, -0.2) is 88.6 Å². The molecule has 3 aliphatic rings. The van der Waals surface area contributed by atoms with E-state index in [4.69, 9.17) is 9.47 Å². The molecule has 1 spiro atoms. The number of allylic oxidation sites excluding steroid dienone is 1. The van der Waals surface area contributed by atoms with Gasteiger partial charge in [0.25, 0.3) is 0 Å². The molecule has 0 aromatic heterocycles. The van der Waals surface area contributed by atoms with Crippen molar-refractivity contribution in [3.05, 3.63) is 97.1 Å². The Morgan fingerprint density at radius 3 is 2.48 bits per heavy atom. The minimum Gasteiger partial charge on any atom is -0.455 e. The number of nitrogens with one attached hydrogen (secondary N) is 1. The average Bonchev–Trinajstić information content (AvgIpc) is 3.79. The monoisotopic (exact) mass is 685 g/mol. The van der Waals surface area contributed by atoms with E-state index in [-0.39, 0.29) is 37.3 Å². The molecule has 0 unspecified atom stereocenters. The number of amides is 3. The summed E-state index contributed by atoms with van der Waals surface area (Å²) in [6, 6.07) is 17.0. The number of aliphatic hydroxyl groups excluding tert-OH is 1. The SMILES string of the molecule is C=CCCC(=O)NC[C@H](OC(=O)[C@@H]1[C@@H]2CC[C@]3(O2)[C@H](C(=O)N(CC=C)CCCCC)N([C@@H](CO)Cc2ccccc2)C(=O)[C@@H]13)c1ccccc1. The summed E-state index contributed by atoms with van der Waals surface area (Å²) in [5.41, 5.74) is 0.359. The lowest BCUT2D eigenvalue weighted by molar-refractivity contribution is -0.161. The molecule has 2 bridgehead atoms. The molecule has 10 heteroatoms. The fourth-order valence-corrected chi connectivity index (χ4v) is 7.98. The van der Waals surface area contributed by atoms with Gasteiger partial charge in [-0.05, 0) is 43.2 Å². The third-order valence-corrected chi connectivity index (χ3v) is 10.3. The van der Waals surface area contributed by atoms with Crippen molar-refractivity contribution < 1.29 is 33.8 Å². The third-order valence-electron chi connectivity index (χ3n) is 10.3. The zero-order chi connectivity index (χ0) is 35.7. The van der Waals surface area contributed by atoms with Gasteiger partial charge in [-0.15, -0.1) is 13.2 Å². The second-order valence-corrected chi connectivity index (χ2v) is 13.6. The van der Waals surface area contributed by atoms with Crippen LogP contribution in [-0.2, 0) is 35.1 Å². The number of hydrogen-bond acceptors (Lipinski definition) is 7. The summed E-state index contributed by atoms with van der Waals surface area (Å²) >= 11 is 0. The molecule has 10 nitrogen and oxygen atoms in total. The van der Waals surface area contributed by atoms with Gasteiger partial charge < -0.3 is 29.7 Å². The molecule has 50 heavy (non-hydrogen) atoms. The number of unbranched alkanes of at least 4 members (excludes halogenated alkanes) is 2. The van der Waals surface area contributed by atoms with Crippen LogP contribution in [0.4, 0.5) is 0 Å². The Kier molecular flexibility index (Phi) is 12.6. The number of likely N-dealkylation sites (tertiary alicyclic amines) is 1. The number of carbonyl (C=O) groups is 4. The van der Waals surface area contributed by atoms with E-state index in [9.17, 15) is 24.3 Å². The minimum atomic E-state index is -1.25. The van der Waals surface area contributed by atoms with E-state index in [2.05, 4.69) is 25.4 Å². The van der Waals surface area contributed by atoms with E-state index in [1.807, 2.05) is 60.7 Å². The van der Waals surface area contributed by atoms with Crippen molar-refractivity contribution in [1.82, 2.24) is 15.1 Å². The number of fused-ring (bicyclic) bond motifs is 1. The zero-order valence-corrected chi connectivity index (χ0v) is 29.1. The largest absolute Gasteiger partial charge is 0.455 e. The molecule has 3 fully saturated rings. The van der Waals surface area contributed by atoms with Crippen molar-refractivity contribution in [2.24, 2.45) is 11.8 Å². The Balaban J connectivity index is 1.48. The van der Waals surface area contributed by atoms with Crippen LogP contribution in [0.25, 0.3) is 0 Å². The summed E-state index contributed by atoms with van der Waals surface area (Å²) < 4.78 is 12.8. The molecule has 3 heterocycles. The maximum Gasteiger partial charge on any atom is 0.313 e. The normalized spacial score (nSPS) is 24.7. The van der Waals surface area contributed by atoms with Crippen LogP contribution in [0.1, 0.15) is 69.1 Å². The Labute approximate surface area is 295 Å². The van der Waals surface area contributed by atoms with Crippen LogP contribution < -0.4 is 5.32 Å². The van der Waals surface area contributed by atoms with Gasteiger partial charge >= 0.3 is 5.97 Å². The molecule has 0 aliphatic carbocycles. The van der Waals surface area contributed by atoms with Gasteiger partial charge in [-0.1, -0.05) is 92.6 Å². The van der Waals surface area contributed by atoms with E-state index in [1.165, 1.54) is 4.90 Å². The lowest BCUT2D eigenvalue weighted by atomic mass is 9.70. The van der Waals surface area contributed by atoms with Gasteiger partial charge in [-0.25, -0.2) is 0 Å². The number of carbonyl (C=O) groups excluding carboxylic acids is 4. The van der Waals surface area contributed by atoms with Gasteiger partial charge in [0.15, 0.2) is 0 Å². The second kappa shape index (κ2) is 17.1. The minimum absolute atomic E-state index is 0.0545. The number of hydrogen-bond donors (Lipinski definition) is 2. The van der Waals surface area contributed by atoms with Crippen LogP contribution in [0.3, 0.4) is 0 Å². The fraction of sp³-hybridized carbons (Fsp3) is 0.500. The highest BCUT2D eigenvalue weighted by molar-refractivity contribution is 5.98. The summed E-state index contributed by atoms with van der Waals surface area (Å²) in [6.07, 6.45) is 6.67. The van der Waals surface area contributed by atoms with E-state index in [1.54, 1.807) is 17.1 Å². The molecular formula is C40H51N3O7. The summed E-state index contributed by atoms with van der Waals surface area (Å²) in [7, 11) is 0. The van der Waals surface area contributed by atoms with Crippen LogP contribution in [0.2, 0.25) is 0 Å². The molecule has 2 N–H and O–H groups in total. The number of esters is 1. The fourth-order valence-electron chi connectivity index (χ4n) is 7.98. The van der Waals surface area contributed by atoms with E-state index < -0.39 is 47.7 Å². The van der Waals surface area contributed by atoms with Gasteiger partial charge in [-0.3, -0.25) is 19.2 Å². The second-order valence-electron chi connectivity index (χ2n) is 13.6. The summed E-state index contributed by atoms with van der Waals surface area (Å²) in [6.45, 7) is 10.1. The first-order chi connectivity index (χ1) is 24.3. The van der Waals surface area contributed by atoms with Gasteiger partial charge in [0.2, 0.25) is 17.7 Å². The van der Waals surface area contributed by atoms with E-state index in [0.29, 0.717) is 44.3 Å². The van der Waals surface area contributed by atoms with Crippen molar-refractivity contribution in [3.8, 4) is 0 Å². The number of rotatable bonds is 19. The number of aliphatic hydroxyl groups is 1. The van der Waals surface area contributed by atoms with Gasteiger partial charge in [0, 0.05) is 19.5 Å². The van der Waals surface area contributed by atoms with Crippen molar-refractivity contribution in [2.75, 3.05) is 26.2 Å². The molecule has 5 rings (SSSR count). The van der Waals surface area contributed by atoms with E-state index in [0.717, 1.165) is 24.8 Å². The number of benzene rings is 2. The Hall–Kier alpha value is -4.28. The average molecular weight is 686 g/mol. The molecule has 3 saturated heterocycles. The zero-order valence-electron chi connectivity index (χ0n) is 29.1. The Bertz CT molecular complexity index is 1500. The first kappa shape index (κ1) is 37.0. The molecule has 0 radical (unpaired) electrons. The van der Waals surface area contributed by atoms with E-state index >= 15 is 0 Å². The standard InChI is InChI=1S/C40H51N3O7/c1-4-7-15-24-42(23-6-3)38(47)36-40-22-21-31(50-40)34(35(40)37(46)43(36)30(27-44)25-28-16-11-9-12-17-28)39(48)49-32(29-18-13-10-14-19-29)26-41-33(45)20-8-5-2/h5-6,9-14,16-19,30-32,34-36,44H,2-4,7-8,15,20-27H2,1H3,(H,41,45)/t30-,31+,32+,34-,35-,36+,40-/m1/s1. The first-order valence-corrected chi connectivity index (χ1v) is 18.0. The van der Waals surface area contributed by atoms with Crippen LogP contribution in [0, 0.1) is 11.8 Å². The third kappa shape index (κ3) is 7.71. The highest BCUT2D eigenvalue weighted by Crippen LogP contribution is 2.59. The summed E-state index contributed by atoms with van der Waals surface area (Å²) in [5.74, 6) is -3.36. The maximum atomic E-state index is 14.8. The Morgan fingerprint density at radius 2 is 1.82 bits per heavy atom. The van der Waals surface area contributed by atoms with Crippen molar-refractivity contribution >= 4 is 23.7 Å². The summed E-state index contributed by atoms with van der Waals surface area (Å²) in [5, 5.41) is 13.6. The Morgan fingerprint density at radius 1 is 1.10 bits per heavy atom. The quantitative estimate of drug-likeness (QED) is 0.126. The molecular weight excluding hydrogens is 634 g/mol. The highest BCUT2D eigenvalue weighted by Gasteiger charge is 2.75. The smallest absolute Gasteiger partial charge is 0.313 e. The maximum absolute atomic E-state index is 14.8. The molecule has 0 saturated carbocycles.